The van der Waals surface area contributed by atoms with E-state index in [1.807, 2.05) is 52.0 Å². The fraction of sp³-hybridized carbons (Fsp3) is 0.393. The van der Waals surface area contributed by atoms with Gasteiger partial charge in [-0.15, -0.1) is 0 Å². The molecule has 1 unspecified atom stereocenters. The van der Waals surface area contributed by atoms with Crippen LogP contribution in [0.1, 0.15) is 57.7 Å². The SMILES string of the molecule is C=C(Cc1ccccc1C)C(=O)C(OCC(C)Cc1ccccc1)=C(C)CC.CC. The van der Waals surface area contributed by atoms with Crippen molar-refractivity contribution in [2.24, 2.45) is 5.92 Å². The molecule has 0 aliphatic rings. The van der Waals surface area contributed by atoms with E-state index in [-0.39, 0.29) is 5.78 Å². The number of hydrogen-bond donors (Lipinski definition) is 0. The summed E-state index contributed by atoms with van der Waals surface area (Å²) in [5.41, 5.74) is 5.14. The van der Waals surface area contributed by atoms with E-state index in [1.165, 1.54) is 11.1 Å². The summed E-state index contributed by atoms with van der Waals surface area (Å²) >= 11 is 0. The molecule has 0 aromatic heterocycles. The zero-order valence-electron chi connectivity index (χ0n) is 19.6. The van der Waals surface area contributed by atoms with Crippen molar-refractivity contribution in [3.63, 3.8) is 0 Å². The van der Waals surface area contributed by atoms with E-state index in [0.29, 0.717) is 30.3 Å². The van der Waals surface area contributed by atoms with Gasteiger partial charge in [-0.2, -0.15) is 0 Å². The number of rotatable bonds is 10. The molecular weight excluding hydrogens is 368 g/mol. The predicted molar refractivity (Wildman–Crippen MR) is 129 cm³/mol. The van der Waals surface area contributed by atoms with Gasteiger partial charge >= 0.3 is 0 Å². The number of hydrogen-bond acceptors (Lipinski definition) is 2. The molecule has 0 aliphatic carbocycles. The van der Waals surface area contributed by atoms with Crippen molar-refractivity contribution in [3.8, 4) is 0 Å². The van der Waals surface area contributed by atoms with E-state index in [0.717, 1.165) is 24.0 Å². The first kappa shape index (κ1) is 25.4. The molecule has 0 fully saturated rings. The van der Waals surface area contributed by atoms with E-state index >= 15 is 0 Å². The Balaban J connectivity index is 0.00000218. The Labute approximate surface area is 183 Å². The summed E-state index contributed by atoms with van der Waals surface area (Å²) in [6.45, 7) is 16.8. The molecule has 1 atom stereocenters. The van der Waals surface area contributed by atoms with Crippen molar-refractivity contribution >= 4 is 5.78 Å². The van der Waals surface area contributed by atoms with Crippen LogP contribution in [-0.4, -0.2) is 12.4 Å². The second-order valence-electron chi connectivity index (χ2n) is 7.60. The van der Waals surface area contributed by atoms with Gasteiger partial charge < -0.3 is 4.74 Å². The van der Waals surface area contributed by atoms with E-state index in [9.17, 15) is 4.79 Å². The molecule has 0 amide bonds. The number of carbonyl (C=O) groups is 1. The molecule has 2 rings (SSSR count). The first-order chi connectivity index (χ1) is 14.4. The van der Waals surface area contributed by atoms with E-state index in [4.69, 9.17) is 4.74 Å². The van der Waals surface area contributed by atoms with Gasteiger partial charge in [0.25, 0.3) is 0 Å². The standard InChI is InChI=1S/C26H32O2.C2H6/c1-6-20(3)26(28-18-19(2)16-23-13-8-7-9-14-23)25(27)22(5)17-24-15-11-10-12-21(24)4;1-2/h7-15,19H,5-6,16-18H2,1-4H3;1-2H3. The molecule has 0 spiro atoms. The van der Waals surface area contributed by atoms with Crippen LogP contribution in [0.5, 0.6) is 0 Å². The van der Waals surface area contributed by atoms with Crippen LogP contribution in [-0.2, 0) is 22.4 Å². The summed E-state index contributed by atoms with van der Waals surface area (Å²) in [6.07, 6.45) is 2.26. The molecule has 0 heterocycles. The normalized spacial score (nSPS) is 12.2. The van der Waals surface area contributed by atoms with Crippen molar-refractivity contribution in [1.29, 1.82) is 0 Å². The number of Topliss-reactive ketones (excluding diaryl/α,β-unsaturated/α-hetero) is 1. The lowest BCUT2D eigenvalue weighted by atomic mass is 9.97. The van der Waals surface area contributed by atoms with Gasteiger partial charge in [0.1, 0.15) is 0 Å². The van der Waals surface area contributed by atoms with Crippen LogP contribution in [0.3, 0.4) is 0 Å². The van der Waals surface area contributed by atoms with Crippen LogP contribution in [0.15, 0.2) is 78.1 Å². The molecule has 2 nitrogen and oxygen atoms in total. The summed E-state index contributed by atoms with van der Waals surface area (Å²) in [5, 5.41) is 0. The average Bonchev–Trinajstić information content (AvgIpc) is 2.77. The number of allylic oxidation sites excluding steroid dienone is 2. The Hall–Kier alpha value is -2.61. The minimum Gasteiger partial charge on any atom is -0.489 e. The minimum absolute atomic E-state index is 0.0745. The van der Waals surface area contributed by atoms with Crippen molar-refractivity contribution in [3.05, 3.63) is 94.8 Å². The third-order valence-corrected chi connectivity index (χ3v) is 5.05. The number of carbonyl (C=O) groups excluding carboxylic acids is 1. The molecule has 2 aromatic rings. The molecule has 0 aliphatic heterocycles. The zero-order chi connectivity index (χ0) is 22.5. The van der Waals surface area contributed by atoms with Crippen LogP contribution >= 0.6 is 0 Å². The molecule has 2 heteroatoms. The van der Waals surface area contributed by atoms with Gasteiger partial charge in [0, 0.05) is 12.0 Å². The summed E-state index contributed by atoms with van der Waals surface area (Å²) in [5.74, 6) is 0.718. The number of ketones is 1. The Morgan fingerprint density at radius 1 is 1.03 bits per heavy atom. The minimum atomic E-state index is -0.0745. The molecule has 0 N–H and O–H groups in total. The first-order valence-corrected chi connectivity index (χ1v) is 11.1. The van der Waals surface area contributed by atoms with Crippen LogP contribution in [0, 0.1) is 12.8 Å². The topological polar surface area (TPSA) is 26.3 Å². The van der Waals surface area contributed by atoms with Gasteiger partial charge in [0.2, 0.25) is 5.78 Å². The largest absolute Gasteiger partial charge is 0.489 e. The number of aryl methyl sites for hydroxylation is 1. The Morgan fingerprint density at radius 2 is 1.63 bits per heavy atom. The van der Waals surface area contributed by atoms with E-state index in [1.54, 1.807) is 0 Å². The maximum absolute atomic E-state index is 13.0. The predicted octanol–water partition coefficient (Wildman–Crippen LogP) is 7.27. The Kier molecular flexibility index (Phi) is 11.5. The lowest BCUT2D eigenvalue weighted by Crippen LogP contribution is -2.17. The fourth-order valence-corrected chi connectivity index (χ4v) is 3.12. The first-order valence-electron chi connectivity index (χ1n) is 11.1. The molecule has 30 heavy (non-hydrogen) atoms. The monoisotopic (exact) mass is 406 g/mol. The maximum atomic E-state index is 13.0. The Bertz CT molecular complexity index is 831. The van der Waals surface area contributed by atoms with Crippen molar-refractivity contribution in [1.82, 2.24) is 0 Å². The van der Waals surface area contributed by atoms with Crippen LogP contribution in [0.2, 0.25) is 0 Å². The van der Waals surface area contributed by atoms with E-state index < -0.39 is 0 Å². The summed E-state index contributed by atoms with van der Waals surface area (Å²) in [6, 6.07) is 18.5. The van der Waals surface area contributed by atoms with Crippen LogP contribution < -0.4 is 0 Å². The number of benzene rings is 2. The van der Waals surface area contributed by atoms with Crippen molar-refractivity contribution in [2.75, 3.05) is 6.61 Å². The zero-order valence-corrected chi connectivity index (χ0v) is 19.6. The molecule has 0 radical (unpaired) electrons. The lowest BCUT2D eigenvalue weighted by molar-refractivity contribution is -0.115. The van der Waals surface area contributed by atoms with Gasteiger partial charge in [-0.05, 0) is 54.9 Å². The second kappa shape index (κ2) is 13.6. The van der Waals surface area contributed by atoms with Gasteiger partial charge in [-0.25, -0.2) is 0 Å². The average molecular weight is 407 g/mol. The quantitative estimate of drug-likeness (QED) is 0.306. The van der Waals surface area contributed by atoms with Gasteiger partial charge in [0.05, 0.1) is 6.61 Å². The fourth-order valence-electron chi connectivity index (χ4n) is 3.12. The summed E-state index contributed by atoms with van der Waals surface area (Å²) in [4.78, 5) is 13.0. The highest BCUT2D eigenvalue weighted by Gasteiger charge is 2.19. The van der Waals surface area contributed by atoms with Crippen LogP contribution in [0.4, 0.5) is 0 Å². The van der Waals surface area contributed by atoms with E-state index in [2.05, 4.69) is 50.8 Å². The molecule has 0 saturated carbocycles. The molecular formula is C28H38O2. The summed E-state index contributed by atoms with van der Waals surface area (Å²) < 4.78 is 6.05. The van der Waals surface area contributed by atoms with Crippen molar-refractivity contribution in [2.45, 2.75) is 60.8 Å². The second-order valence-corrected chi connectivity index (χ2v) is 7.60. The molecule has 2 aromatic carbocycles. The molecule has 0 saturated heterocycles. The highest BCUT2D eigenvalue weighted by molar-refractivity contribution is 6.07. The van der Waals surface area contributed by atoms with Crippen LogP contribution in [0.25, 0.3) is 0 Å². The molecule has 162 valence electrons. The third kappa shape index (κ3) is 8.02. The summed E-state index contributed by atoms with van der Waals surface area (Å²) in [7, 11) is 0. The highest BCUT2D eigenvalue weighted by Crippen LogP contribution is 2.20. The molecule has 0 bridgehead atoms. The maximum Gasteiger partial charge on any atom is 0.223 e. The van der Waals surface area contributed by atoms with Gasteiger partial charge in [-0.1, -0.05) is 88.9 Å². The lowest BCUT2D eigenvalue weighted by Gasteiger charge is -2.18. The van der Waals surface area contributed by atoms with Gasteiger partial charge in [-0.3, -0.25) is 4.79 Å². The number of ether oxygens (including phenoxy) is 1. The highest BCUT2D eigenvalue weighted by atomic mass is 16.5. The van der Waals surface area contributed by atoms with Gasteiger partial charge in [0.15, 0.2) is 5.76 Å². The van der Waals surface area contributed by atoms with Crippen molar-refractivity contribution < 1.29 is 9.53 Å². The Morgan fingerprint density at radius 3 is 2.23 bits per heavy atom. The smallest absolute Gasteiger partial charge is 0.223 e. The third-order valence-electron chi connectivity index (χ3n) is 5.05.